The van der Waals surface area contributed by atoms with Gasteiger partial charge in [0, 0.05) is 22.2 Å². The molecule has 4 nitrogen and oxygen atoms in total. The molecule has 0 radical (unpaired) electrons. The van der Waals surface area contributed by atoms with E-state index in [4.69, 9.17) is 27.9 Å². The summed E-state index contributed by atoms with van der Waals surface area (Å²) in [5.74, 6) is 0.444. The van der Waals surface area contributed by atoms with E-state index in [0.717, 1.165) is 16.8 Å². The Balaban J connectivity index is 1.67. The molecular formula is C23H19Cl2NO3. The lowest BCUT2D eigenvalue weighted by Gasteiger charge is -2.25. The molecular weight excluding hydrogens is 409 g/mol. The molecule has 0 aromatic heterocycles. The third-order valence-corrected chi connectivity index (χ3v) is 5.61. The third-order valence-electron chi connectivity index (χ3n) is 5.02. The average Bonchev–Trinajstić information content (AvgIpc) is 3.05. The third kappa shape index (κ3) is 4.10. The Morgan fingerprint density at radius 1 is 0.966 bits per heavy atom. The number of rotatable bonds is 5. The second kappa shape index (κ2) is 8.46. The van der Waals surface area contributed by atoms with Crippen LogP contribution in [0.5, 0.6) is 5.75 Å². The Morgan fingerprint density at radius 3 is 2.31 bits per heavy atom. The fraction of sp³-hybridized carbons (Fsp3) is 0.174. The van der Waals surface area contributed by atoms with Crippen LogP contribution in [0.25, 0.3) is 0 Å². The van der Waals surface area contributed by atoms with Crippen LogP contribution in [-0.2, 0) is 11.4 Å². The highest BCUT2D eigenvalue weighted by Gasteiger charge is 2.43. The van der Waals surface area contributed by atoms with Crippen LogP contribution in [0.3, 0.4) is 0 Å². The van der Waals surface area contributed by atoms with Crippen LogP contribution in [0, 0.1) is 0 Å². The number of carbonyl (C=O) groups excluding carboxylic acids is 1. The maximum Gasteiger partial charge on any atom is 0.268 e. The van der Waals surface area contributed by atoms with Crippen molar-refractivity contribution in [1.29, 1.82) is 0 Å². The number of benzene rings is 3. The molecule has 4 rings (SSSR count). The molecule has 3 aromatic carbocycles. The Bertz CT molecular complexity index is 1010. The van der Waals surface area contributed by atoms with Crippen molar-refractivity contribution in [2.45, 2.75) is 25.2 Å². The molecule has 0 saturated carbocycles. The molecule has 1 N–H and O–H groups in total. The van der Waals surface area contributed by atoms with E-state index in [1.807, 2.05) is 36.4 Å². The molecule has 6 heteroatoms. The van der Waals surface area contributed by atoms with E-state index in [2.05, 4.69) is 0 Å². The van der Waals surface area contributed by atoms with Gasteiger partial charge in [0.25, 0.3) is 5.91 Å². The highest BCUT2D eigenvalue weighted by Crippen LogP contribution is 2.41. The van der Waals surface area contributed by atoms with E-state index in [1.54, 1.807) is 41.3 Å². The molecule has 0 spiro atoms. The number of amides is 1. The first-order valence-corrected chi connectivity index (χ1v) is 10.0. The van der Waals surface area contributed by atoms with Gasteiger partial charge in [-0.3, -0.25) is 4.79 Å². The van der Waals surface area contributed by atoms with Gasteiger partial charge in [-0.05, 0) is 53.6 Å². The summed E-state index contributed by atoms with van der Waals surface area (Å²) in [5, 5.41) is 10.4. The minimum Gasteiger partial charge on any atom is -0.480 e. The van der Waals surface area contributed by atoms with E-state index in [-0.39, 0.29) is 18.6 Å². The predicted octanol–water partition coefficient (Wildman–Crippen LogP) is 5.41. The summed E-state index contributed by atoms with van der Waals surface area (Å²) in [6.45, 7) is -0.0401. The number of ether oxygens (including phenoxy) is 1. The van der Waals surface area contributed by atoms with Gasteiger partial charge in [0.2, 0.25) is 0 Å². The van der Waals surface area contributed by atoms with Crippen molar-refractivity contribution in [3.8, 4) is 5.75 Å². The van der Waals surface area contributed by atoms with Crippen molar-refractivity contribution in [3.05, 3.63) is 94.0 Å². The van der Waals surface area contributed by atoms with Crippen molar-refractivity contribution in [3.63, 3.8) is 0 Å². The molecule has 1 aliphatic heterocycles. The zero-order chi connectivity index (χ0) is 20.4. The van der Waals surface area contributed by atoms with Crippen molar-refractivity contribution < 1.29 is 14.6 Å². The quantitative estimate of drug-likeness (QED) is 0.591. The fourth-order valence-electron chi connectivity index (χ4n) is 3.57. The van der Waals surface area contributed by atoms with Crippen LogP contribution in [0.1, 0.15) is 23.6 Å². The summed E-state index contributed by atoms with van der Waals surface area (Å²) in [6, 6.07) is 21.5. The number of aliphatic hydroxyl groups excluding tert-OH is 1. The molecule has 1 heterocycles. The summed E-state index contributed by atoms with van der Waals surface area (Å²) in [6.07, 6.45) is -0.181. The summed E-state index contributed by atoms with van der Waals surface area (Å²) < 4.78 is 6.01. The Hall–Kier alpha value is -2.53. The van der Waals surface area contributed by atoms with Crippen LogP contribution in [0.2, 0.25) is 10.0 Å². The van der Waals surface area contributed by atoms with Crippen molar-refractivity contribution in [2.75, 3.05) is 4.90 Å². The normalized spacial score (nSPS) is 18.9. The van der Waals surface area contributed by atoms with Crippen molar-refractivity contribution in [1.82, 2.24) is 0 Å². The summed E-state index contributed by atoms with van der Waals surface area (Å²) in [7, 11) is 0. The molecule has 2 atom stereocenters. The Labute approximate surface area is 179 Å². The van der Waals surface area contributed by atoms with Gasteiger partial charge in [-0.15, -0.1) is 0 Å². The van der Waals surface area contributed by atoms with Gasteiger partial charge in [0.15, 0.2) is 6.10 Å². The van der Waals surface area contributed by atoms with E-state index in [1.165, 1.54) is 0 Å². The lowest BCUT2D eigenvalue weighted by Crippen LogP contribution is -2.33. The number of nitrogens with zero attached hydrogens (tertiary/aromatic N) is 1. The number of halogens is 2. The molecule has 148 valence electrons. The fourth-order valence-corrected chi connectivity index (χ4v) is 3.96. The van der Waals surface area contributed by atoms with Gasteiger partial charge < -0.3 is 14.7 Å². The van der Waals surface area contributed by atoms with Gasteiger partial charge in [-0.1, -0.05) is 53.5 Å². The van der Waals surface area contributed by atoms with Crippen LogP contribution in [0.15, 0.2) is 72.8 Å². The first-order valence-electron chi connectivity index (χ1n) is 9.26. The highest BCUT2D eigenvalue weighted by atomic mass is 35.5. The molecule has 1 aliphatic rings. The smallest absolute Gasteiger partial charge is 0.268 e. The monoisotopic (exact) mass is 427 g/mol. The molecule has 0 bridgehead atoms. The van der Waals surface area contributed by atoms with E-state index in [0.29, 0.717) is 22.2 Å². The zero-order valence-corrected chi connectivity index (χ0v) is 17.0. The standard InChI is InChI=1S/C23H19Cl2NO3/c24-16-7-9-17(10-8-16)26-21(19-3-1-2-4-20(19)25)13-22(23(26)28)29-18-11-5-15(14-27)6-12-18/h1-12,21-22,27H,13-14H2/t21-,22+/m0/s1. The van der Waals surface area contributed by atoms with E-state index in [9.17, 15) is 9.90 Å². The number of anilines is 1. The SMILES string of the molecule is O=C1[C@H](Oc2ccc(CO)cc2)C[C@@H](c2ccccc2Cl)N1c1ccc(Cl)cc1. The molecule has 0 aliphatic carbocycles. The largest absolute Gasteiger partial charge is 0.480 e. The maximum atomic E-state index is 13.3. The Morgan fingerprint density at radius 2 is 1.66 bits per heavy atom. The average molecular weight is 428 g/mol. The van der Waals surface area contributed by atoms with Crippen LogP contribution < -0.4 is 9.64 Å². The van der Waals surface area contributed by atoms with Gasteiger partial charge in [-0.25, -0.2) is 0 Å². The second-order valence-corrected chi connectivity index (χ2v) is 7.71. The van der Waals surface area contributed by atoms with E-state index < -0.39 is 6.10 Å². The Kier molecular flexibility index (Phi) is 5.76. The van der Waals surface area contributed by atoms with E-state index >= 15 is 0 Å². The number of hydrogen-bond donors (Lipinski definition) is 1. The number of aliphatic hydroxyl groups is 1. The van der Waals surface area contributed by atoms with Crippen LogP contribution >= 0.6 is 23.2 Å². The summed E-state index contributed by atoms with van der Waals surface area (Å²) in [4.78, 5) is 15.0. The van der Waals surface area contributed by atoms with Crippen LogP contribution in [0.4, 0.5) is 5.69 Å². The highest BCUT2D eigenvalue weighted by molar-refractivity contribution is 6.31. The molecule has 1 saturated heterocycles. The maximum absolute atomic E-state index is 13.3. The number of carbonyl (C=O) groups is 1. The van der Waals surface area contributed by atoms with Crippen molar-refractivity contribution >= 4 is 34.8 Å². The zero-order valence-electron chi connectivity index (χ0n) is 15.5. The van der Waals surface area contributed by atoms with Gasteiger partial charge in [-0.2, -0.15) is 0 Å². The first kappa shape index (κ1) is 19.8. The minimum absolute atomic E-state index is 0.0401. The minimum atomic E-state index is -0.646. The molecule has 29 heavy (non-hydrogen) atoms. The second-order valence-electron chi connectivity index (χ2n) is 6.87. The first-order chi connectivity index (χ1) is 14.1. The topological polar surface area (TPSA) is 49.8 Å². The van der Waals surface area contributed by atoms with Crippen molar-refractivity contribution in [2.24, 2.45) is 0 Å². The molecule has 1 fully saturated rings. The lowest BCUT2D eigenvalue weighted by atomic mass is 10.0. The van der Waals surface area contributed by atoms with Gasteiger partial charge in [0.05, 0.1) is 12.6 Å². The van der Waals surface area contributed by atoms with Gasteiger partial charge >= 0.3 is 0 Å². The molecule has 3 aromatic rings. The van der Waals surface area contributed by atoms with Gasteiger partial charge in [0.1, 0.15) is 5.75 Å². The summed E-state index contributed by atoms with van der Waals surface area (Å²) in [5.41, 5.74) is 2.40. The molecule has 1 amide bonds. The number of hydrogen-bond acceptors (Lipinski definition) is 3. The van der Waals surface area contributed by atoms with Crippen LogP contribution in [-0.4, -0.2) is 17.1 Å². The predicted molar refractivity (Wildman–Crippen MR) is 115 cm³/mol. The summed E-state index contributed by atoms with van der Waals surface area (Å²) >= 11 is 12.5. The molecule has 0 unspecified atom stereocenters. The lowest BCUT2D eigenvalue weighted by molar-refractivity contribution is -0.122.